The van der Waals surface area contributed by atoms with E-state index in [9.17, 15) is 18.0 Å². The summed E-state index contributed by atoms with van der Waals surface area (Å²) in [5.74, 6) is -4.56. The van der Waals surface area contributed by atoms with Crippen molar-refractivity contribution in [2.75, 3.05) is 0 Å². The summed E-state index contributed by atoms with van der Waals surface area (Å²) in [6.45, 7) is 0. The predicted octanol–water partition coefficient (Wildman–Crippen LogP) is 5.89. The first-order valence-corrected chi connectivity index (χ1v) is 8.74. The van der Waals surface area contributed by atoms with Gasteiger partial charge in [-0.3, -0.25) is 0 Å². The van der Waals surface area contributed by atoms with Gasteiger partial charge in [0.25, 0.3) is 0 Å². The number of esters is 1. The molecule has 0 saturated heterocycles. The van der Waals surface area contributed by atoms with Crippen LogP contribution in [0.2, 0.25) is 0 Å². The molecular weight excluding hydrogens is 439 g/mol. The van der Waals surface area contributed by atoms with Gasteiger partial charge in [0.2, 0.25) is 0 Å². The summed E-state index contributed by atoms with van der Waals surface area (Å²) >= 11 is 3.28. The minimum absolute atomic E-state index is 0.0229. The van der Waals surface area contributed by atoms with Crippen LogP contribution in [0.25, 0.3) is 22.2 Å². The lowest BCUT2D eigenvalue weighted by Crippen LogP contribution is -2.08. The number of hydrogen-bond acceptors (Lipinski definition) is 4. The predicted molar refractivity (Wildman–Crippen MR) is 98.4 cm³/mol. The number of rotatable bonds is 3. The zero-order valence-electron chi connectivity index (χ0n) is 13.9. The Morgan fingerprint density at radius 2 is 1.64 bits per heavy atom. The number of ether oxygens (including phenoxy) is 1. The number of hydrogen-bond donors (Lipinski definition) is 0. The summed E-state index contributed by atoms with van der Waals surface area (Å²) in [7, 11) is 0. The molecule has 1 heterocycles. The van der Waals surface area contributed by atoms with Gasteiger partial charge in [0.1, 0.15) is 11.4 Å². The van der Waals surface area contributed by atoms with Gasteiger partial charge >= 0.3 is 5.97 Å². The number of fused-ring (bicyclic) bond motifs is 1. The van der Waals surface area contributed by atoms with Crippen molar-refractivity contribution in [1.82, 2.24) is 5.16 Å². The second-order valence-electron chi connectivity index (χ2n) is 5.84. The third-order valence-corrected chi connectivity index (χ3v) is 4.52. The lowest BCUT2D eigenvalue weighted by Gasteiger charge is -2.04. The van der Waals surface area contributed by atoms with Gasteiger partial charge in [0, 0.05) is 21.5 Å². The van der Waals surface area contributed by atoms with E-state index in [-0.39, 0.29) is 22.6 Å². The second-order valence-corrected chi connectivity index (χ2v) is 6.76. The summed E-state index contributed by atoms with van der Waals surface area (Å²) in [4.78, 5) is 12.2. The molecule has 4 nitrogen and oxygen atoms in total. The standard InChI is InChI=1S/C20H9BrF3NO3/c21-12-3-1-10(2-4-12)20(26)27-13-5-6-14-17(9-13)28-25-19(14)11-7-15(22)18(24)16(23)8-11/h1-9H. The van der Waals surface area contributed by atoms with Crippen molar-refractivity contribution < 1.29 is 27.2 Å². The number of nitrogens with zero attached hydrogens (tertiary/aromatic N) is 1. The van der Waals surface area contributed by atoms with Crippen LogP contribution >= 0.6 is 15.9 Å². The highest BCUT2D eigenvalue weighted by Gasteiger charge is 2.17. The van der Waals surface area contributed by atoms with Crippen molar-refractivity contribution in [1.29, 1.82) is 0 Å². The fourth-order valence-electron chi connectivity index (χ4n) is 2.63. The monoisotopic (exact) mass is 447 g/mol. The highest BCUT2D eigenvalue weighted by atomic mass is 79.9. The molecule has 3 aromatic carbocycles. The van der Waals surface area contributed by atoms with Crippen LogP contribution in [0.15, 0.2) is 63.6 Å². The fourth-order valence-corrected chi connectivity index (χ4v) is 2.90. The largest absolute Gasteiger partial charge is 0.423 e. The van der Waals surface area contributed by atoms with Gasteiger partial charge in [-0.05, 0) is 48.5 Å². The molecule has 0 N–H and O–H groups in total. The van der Waals surface area contributed by atoms with Crippen molar-refractivity contribution in [2.45, 2.75) is 0 Å². The maximum atomic E-state index is 13.5. The van der Waals surface area contributed by atoms with E-state index in [1.54, 1.807) is 24.3 Å². The summed E-state index contributed by atoms with van der Waals surface area (Å²) in [5.41, 5.74) is 0.758. The molecule has 0 saturated carbocycles. The van der Waals surface area contributed by atoms with Crippen LogP contribution in [-0.4, -0.2) is 11.1 Å². The lowest BCUT2D eigenvalue weighted by molar-refractivity contribution is 0.0735. The van der Waals surface area contributed by atoms with Crippen LogP contribution in [0.3, 0.4) is 0 Å². The number of carbonyl (C=O) groups excluding carboxylic acids is 1. The summed E-state index contributed by atoms with van der Waals surface area (Å²) in [5, 5.41) is 4.21. The molecule has 0 aliphatic carbocycles. The molecule has 4 aromatic rings. The van der Waals surface area contributed by atoms with E-state index in [2.05, 4.69) is 21.1 Å². The minimum atomic E-state index is -1.56. The molecule has 0 amide bonds. The molecule has 8 heteroatoms. The molecule has 0 bridgehead atoms. The molecular formula is C20H9BrF3NO3. The molecule has 0 aliphatic rings. The maximum absolute atomic E-state index is 13.5. The topological polar surface area (TPSA) is 52.3 Å². The van der Waals surface area contributed by atoms with Gasteiger partial charge in [-0.25, -0.2) is 18.0 Å². The third kappa shape index (κ3) is 3.38. The third-order valence-electron chi connectivity index (χ3n) is 3.99. The Balaban J connectivity index is 1.65. The minimum Gasteiger partial charge on any atom is -0.423 e. The highest BCUT2D eigenvalue weighted by molar-refractivity contribution is 9.10. The Bertz CT molecular complexity index is 1180. The van der Waals surface area contributed by atoms with Crippen LogP contribution in [0.5, 0.6) is 5.75 Å². The van der Waals surface area contributed by atoms with Crippen LogP contribution in [-0.2, 0) is 0 Å². The van der Waals surface area contributed by atoms with Gasteiger partial charge in [-0.2, -0.15) is 0 Å². The Kier molecular flexibility index (Phi) is 4.64. The zero-order chi connectivity index (χ0) is 19.8. The van der Waals surface area contributed by atoms with Crippen molar-refractivity contribution >= 4 is 32.9 Å². The van der Waals surface area contributed by atoms with E-state index in [4.69, 9.17) is 9.26 Å². The molecule has 140 valence electrons. The Hall–Kier alpha value is -3.13. The molecule has 4 rings (SSSR count). The normalized spacial score (nSPS) is 11.0. The molecule has 0 aliphatic heterocycles. The van der Waals surface area contributed by atoms with Crippen molar-refractivity contribution in [3.05, 3.63) is 82.1 Å². The number of carbonyl (C=O) groups is 1. The van der Waals surface area contributed by atoms with Crippen molar-refractivity contribution in [3.63, 3.8) is 0 Å². The zero-order valence-corrected chi connectivity index (χ0v) is 15.5. The van der Waals surface area contributed by atoms with Crippen molar-refractivity contribution in [3.8, 4) is 17.0 Å². The van der Waals surface area contributed by atoms with Gasteiger partial charge < -0.3 is 9.26 Å². The molecule has 1 aromatic heterocycles. The van der Waals surface area contributed by atoms with E-state index < -0.39 is 23.4 Å². The Morgan fingerprint density at radius 3 is 2.32 bits per heavy atom. The van der Waals surface area contributed by atoms with Crippen molar-refractivity contribution in [2.24, 2.45) is 0 Å². The summed E-state index contributed by atoms with van der Waals surface area (Å²) in [6, 6.07) is 12.8. The number of halogens is 4. The van der Waals surface area contributed by atoms with E-state index in [1.807, 2.05) is 0 Å². The van der Waals surface area contributed by atoms with Gasteiger partial charge in [-0.15, -0.1) is 0 Å². The van der Waals surface area contributed by atoms with E-state index in [0.29, 0.717) is 10.9 Å². The average Bonchev–Trinajstić information content (AvgIpc) is 3.09. The van der Waals surface area contributed by atoms with Gasteiger partial charge in [0.15, 0.2) is 23.0 Å². The molecule has 0 spiro atoms. The van der Waals surface area contributed by atoms with Crippen LogP contribution in [0.1, 0.15) is 10.4 Å². The SMILES string of the molecule is O=C(Oc1ccc2c(-c3cc(F)c(F)c(F)c3)noc2c1)c1ccc(Br)cc1. The highest BCUT2D eigenvalue weighted by Crippen LogP contribution is 2.32. The fraction of sp³-hybridized carbons (Fsp3) is 0. The Morgan fingerprint density at radius 1 is 0.964 bits per heavy atom. The van der Waals surface area contributed by atoms with Crippen LogP contribution < -0.4 is 4.74 Å². The number of benzene rings is 3. The van der Waals surface area contributed by atoms with E-state index >= 15 is 0 Å². The molecule has 28 heavy (non-hydrogen) atoms. The second kappa shape index (κ2) is 7.12. The van der Waals surface area contributed by atoms with Gasteiger partial charge in [0.05, 0.1) is 5.56 Å². The quantitative estimate of drug-likeness (QED) is 0.223. The maximum Gasteiger partial charge on any atom is 0.343 e. The number of aromatic nitrogens is 1. The Labute approximate surface area is 164 Å². The summed E-state index contributed by atoms with van der Waals surface area (Å²) < 4.78 is 51.4. The summed E-state index contributed by atoms with van der Waals surface area (Å²) in [6.07, 6.45) is 0. The van der Waals surface area contributed by atoms with Crippen LogP contribution in [0.4, 0.5) is 13.2 Å². The van der Waals surface area contributed by atoms with E-state index in [1.165, 1.54) is 18.2 Å². The van der Waals surface area contributed by atoms with Gasteiger partial charge in [-0.1, -0.05) is 21.1 Å². The smallest absolute Gasteiger partial charge is 0.343 e. The van der Waals surface area contributed by atoms with Crippen LogP contribution in [0, 0.1) is 17.5 Å². The first-order valence-electron chi connectivity index (χ1n) is 7.94. The first kappa shape index (κ1) is 18.2. The average molecular weight is 448 g/mol. The molecule has 0 unspecified atom stereocenters. The first-order chi connectivity index (χ1) is 13.4. The lowest BCUT2D eigenvalue weighted by atomic mass is 10.1. The van der Waals surface area contributed by atoms with E-state index in [0.717, 1.165) is 16.6 Å². The molecule has 0 atom stereocenters. The molecule has 0 fully saturated rings. The molecule has 0 radical (unpaired) electrons.